The Morgan fingerprint density at radius 1 is 1.03 bits per heavy atom. The van der Waals surface area contributed by atoms with Crippen molar-refractivity contribution in [2.24, 2.45) is 10.9 Å². The van der Waals surface area contributed by atoms with Crippen LogP contribution >= 0.6 is 0 Å². The van der Waals surface area contributed by atoms with Gasteiger partial charge >= 0.3 is 0 Å². The summed E-state index contributed by atoms with van der Waals surface area (Å²) in [5.41, 5.74) is 5.25. The number of hydrogen-bond acceptors (Lipinski definition) is 4. The number of carbonyl (C=O) groups is 1. The van der Waals surface area contributed by atoms with Crippen LogP contribution in [0.5, 0.6) is 11.5 Å². The Bertz CT molecular complexity index is 959. The molecule has 2 aliphatic rings. The first kappa shape index (κ1) is 20.6. The summed E-state index contributed by atoms with van der Waals surface area (Å²) in [6.45, 7) is 4.14. The van der Waals surface area contributed by atoms with Gasteiger partial charge in [0.15, 0.2) is 17.3 Å². The number of hydrogen-bond donors (Lipinski definition) is 0. The van der Waals surface area contributed by atoms with Crippen LogP contribution in [-0.4, -0.2) is 31.8 Å². The smallest absolute Gasteiger partial charge is 0.163 e. The average Bonchev–Trinajstić information content (AvgIpc) is 2.77. The second-order valence-corrected chi connectivity index (χ2v) is 8.83. The minimum atomic E-state index is 0.196. The molecule has 1 aliphatic carbocycles. The SMILES string of the molecule is COc1cc2c(cc1OC)[C@@H]1CCCC[C@@H]1N=C2c1ccc(C(=O)CC(C)C)cc1. The van der Waals surface area contributed by atoms with Crippen LogP contribution in [0.4, 0.5) is 0 Å². The maximum atomic E-state index is 12.4. The van der Waals surface area contributed by atoms with Gasteiger partial charge in [-0.05, 0) is 36.5 Å². The maximum absolute atomic E-state index is 12.4. The molecule has 0 N–H and O–H groups in total. The Morgan fingerprint density at radius 3 is 2.37 bits per heavy atom. The summed E-state index contributed by atoms with van der Waals surface area (Å²) in [4.78, 5) is 17.6. The lowest BCUT2D eigenvalue weighted by molar-refractivity contribution is 0.0968. The number of fused-ring (bicyclic) bond motifs is 3. The highest BCUT2D eigenvalue weighted by Crippen LogP contribution is 2.44. The lowest BCUT2D eigenvalue weighted by atomic mass is 9.75. The van der Waals surface area contributed by atoms with Crippen molar-refractivity contribution in [2.45, 2.75) is 57.9 Å². The Labute approximate surface area is 179 Å². The summed E-state index contributed by atoms with van der Waals surface area (Å²) in [6, 6.07) is 12.5. The van der Waals surface area contributed by atoms with E-state index < -0.39 is 0 Å². The monoisotopic (exact) mass is 405 g/mol. The van der Waals surface area contributed by atoms with E-state index in [2.05, 4.69) is 26.0 Å². The van der Waals surface area contributed by atoms with Gasteiger partial charge in [0, 0.05) is 29.0 Å². The fraction of sp³-hybridized carbons (Fsp3) is 0.462. The Morgan fingerprint density at radius 2 is 1.70 bits per heavy atom. The molecule has 0 spiro atoms. The van der Waals surface area contributed by atoms with E-state index in [-0.39, 0.29) is 5.78 Å². The van der Waals surface area contributed by atoms with Crippen molar-refractivity contribution < 1.29 is 14.3 Å². The maximum Gasteiger partial charge on any atom is 0.163 e. The molecule has 0 amide bonds. The summed E-state index contributed by atoms with van der Waals surface area (Å²) in [6.07, 6.45) is 5.32. The van der Waals surface area contributed by atoms with E-state index in [9.17, 15) is 4.79 Å². The third-order valence-electron chi connectivity index (χ3n) is 6.31. The van der Waals surface area contributed by atoms with Crippen molar-refractivity contribution in [1.82, 2.24) is 0 Å². The van der Waals surface area contributed by atoms with E-state index >= 15 is 0 Å². The number of carbonyl (C=O) groups excluding carboxylic acids is 1. The third kappa shape index (κ3) is 3.88. The third-order valence-corrected chi connectivity index (χ3v) is 6.31. The number of aliphatic imine (C=N–C) groups is 1. The fourth-order valence-electron chi connectivity index (χ4n) is 4.80. The highest BCUT2D eigenvalue weighted by Gasteiger charge is 2.34. The second-order valence-electron chi connectivity index (χ2n) is 8.83. The molecule has 2 atom stereocenters. The molecule has 0 bridgehead atoms. The lowest BCUT2D eigenvalue weighted by Crippen LogP contribution is -2.29. The van der Waals surface area contributed by atoms with Crippen LogP contribution in [0, 0.1) is 5.92 Å². The number of methoxy groups -OCH3 is 2. The Kier molecular flexibility index (Phi) is 5.94. The molecule has 4 rings (SSSR count). The van der Waals surface area contributed by atoms with E-state index in [4.69, 9.17) is 14.5 Å². The van der Waals surface area contributed by atoms with E-state index in [1.807, 2.05) is 24.3 Å². The van der Waals surface area contributed by atoms with Crippen molar-refractivity contribution in [1.29, 1.82) is 0 Å². The zero-order chi connectivity index (χ0) is 21.3. The molecule has 2 aromatic carbocycles. The van der Waals surface area contributed by atoms with Gasteiger partial charge in [0.1, 0.15) is 0 Å². The van der Waals surface area contributed by atoms with Crippen LogP contribution in [0.25, 0.3) is 0 Å². The van der Waals surface area contributed by atoms with Gasteiger partial charge in [-0.25, -0.2) is 0 Å². The van der Waals surface area contributed by atoms with Crippen molar-refractivity contribution in [3.63, 3.8) is 0 Å². The van der Waals surface area contributed by atoms with Gasteiger partial charge < -0.3 is 9.47 Å². The van der Waals surface area contributed by atoms with Gasteiger partial charge in [-0.15, -0.1) is 0 Å². The predicted octanol–water partition coefficient (Wildman–Crippen LogP) is 5.81. The first-order valence-electron chi connectivity index (χ1n) is 11.0. The molecule has 2 aromatic rings. The first-order chi connectivity index (χ1) is 14.5. The van der Waals surface area contributed by atoms with Gasteiger partial charge in [0.2, 0.25) is 0 Å². The number of rotatable bonds is 6. The normalized spacial score (nSPS) is 20.2. The molecule has 1 aliphatic heterocycles. The van der Waals surface area contributed by atoms with Crippen molar-refractivity contribution in [2.75, 3.05) is 14.2 Å². The number of benzene rings is 2. The van der Waals surface area contributed by atoms with Gasteiger partial charge in [-0.3, -0.25) is 9.79 Å². The zero-order valence-corrected chi connectivity index (χ0v) is 18.4. The topological polar surface area (TPSA) is 47.9 Å². The minimum absolute atomic E-state index is 0.196. The van der Waals surface area contributed by atoms with Crippen LogP contribution in [0.1, 0.15) is 78.9 Å². The standard InChI is InChI=1S/C26H31NO3/c1-16(2)13-23(28)17-9-11-18(12-10-17)26-21-15-25(30-4)24(29-3)14-20(21)19-7-5-6-8-22(19)27-26/h9-12,14-16,19,22H,5-8,13H2,1-4H3/t19-,22-/m0/s1. The lowest BCUT2D eigenvalue weighted by Gasteiger charge is -2.35. The van der Waals surface area contributed by atoms with Gasteiger partial charge in [0.05, 0.1) is 26.0 Å². The van der Waals surface area contributed by atoms with Gasteiger partial charge in [-0.2, -0.15) is 0 Å². The number of ether oxygens (including phenoxy) is 2. The predicted molar refractivity (Wildman–Crippen MR) is 120 cm³/mol. The summed E-state index contributed by atoms with van der Waals surface area (Å²) < 4.78 is 11.2. The first-order valence-corrected chi connectivity index (χ1v) is 11.0. The number of ketones is 1. The van der Waals surface area contributed by atoms with Crippen LogP contribution in [-0.2, 0) is 0 Å². The quantitative estimate of drug-likeness (QED) is 0.570. The number of nitrogens with zero attached hydrogens (tertiary/aromatic N) is 1. The van der Waals surface area contributed by atoms with Crippen LogP contribution in [0.2, 0.25) is 0 Å². The van der Waals surface area contributed by atoms with E-state index in [0.29, 0.717) is 24.3 Å². The molecule has 4 nitrogen and oxygen atoms in total. The van der Waals surface area contributed by atoms with Crippen LogP contribution in [0.3, 0.4) is 0 Å². The highest BCUT2D eigenvalue weighted by atomic mass is 16.5. The Balaban J connectivity index is 1.76. The zero-order valence-electron chi connectivity index (χ0n) is 18.4. The molecule has 30 heavy (non-hydrogen) atoms. The summed E-state index contributed by atoms with van der Waals surface area (Å²) in [5, 5.41) is 0. The average molecular weight is 406 g/mol. The van der Waals surface area contributed by atoms with Gasteiger partial charge in [-0.1, -0.05) is 51.0 Å². The molecule has 0 aromatic heterocycles. The van der Waals surface area contributed by atoms with E-state index in [1.165, 1.54) is 18.4 Å². The van der Waals surface area contributed by atoms with E-state index in [0.717, 1.165) is 46.7 Å². The molecule has 1 saturated carbocycles. The fourth-order valence-corrected chi connectivity index (χ4v) is 4.80. The van der Waals surface area contributed by atoms with Crippen LogP contribution in [0.15, 0.2) is 41.4 Å². The highest BCUT2D eigenvalue weighted by molar-refractivity contribution is 6.15. The molecule has 158 valence electrons. The summed E-state index contributed by atoms with van der Waals surface area (Å²) >= 11 is 0. The van der Waals surface area contributed by atoms with Crippen molar-refractivity contribution >= 4 is 11.5 Å². The molecular formula is C26H31NO3. The number of Topliss-reactive ketones (excluding diaryl/α,β-unsaturated/α-hetero) is 1. The summed E-state index contributed by atoms with van der Waals surface area (Å²) in [5.74, 6) is 2.49. The molecule has 0 saturated heterocycles. The molecule has 0 radical (unpaired) electrons. The van der Waals surface area contributed by atoms with E-state index in [1.54, 1.807) is 14.2 Å². The Hall–Kier alpha value is -2.62. The molecule has 0 unspecified atom stereocenters. The van der Waals surface area contributed by atoms with Crippen molar-refractivity contribution in [3.8, 4) is 11.5 Å². The van der Waals surface area contributed by atoms with Crippen molar-refractivity contribution in [3.05, 3.63) is 58.7 Å². The minimum Gasteiger partial charge on any atom is -0.493 e. The van der Waals surface area contributed by atoms with Crippen LogP contribution < -0.4 is 9.47 Å². The molecule has 4 heteroatoms. The molecule has 1 fully saturated rings. The molecular weight excluding hydrogens is 374 g/mol. The second kappa shape index (κ2) is 8.63. The molecule has 1 heterocycles. The largest absolute Gasteiger partial charge is 0.493 e. The van der Waals surface area contributed by atoms with Gasteiger partial charge in [0.25, 0.3) is 0 Å². The summed E-state index contributed by atoms with van der Waals surface area (Å²) in [7, 11) is 3.36.